The Morgan fingerprint density at radius 2 is 1.87 bits per heavy atom. The number of fused-ring (bicyclic) bond motifs is 1. The molecular weight excluding hydrogens is 188 g/mol. The van der Waals surface area contributed by atoms with Crippen molar-refractivity contribution >= 4 is 16.5 Å². The number of benzene rings is 1. The molecule has 0 aliphatic carbocycles. The highest BCUT2D eigenvalue weighted by molar-refractivity contribution is 5.85. The third-order valence-corrected chi connectivity index (χ3v) is 2.92. The molecular formula is C12H14N2O. The van der Waals surface area contributed by atoms with Crippen LogP contribution >= 0.6 is 0 Å². The minimum absolute atomic E-state index is 0.838. The number of anilines is 1. The van der Waals surface area contributed by atoms with Gasteiger partial charge in [0.1, 0.15) is 0 Å². The van der Waals surface area contributed by atoms with Gasteiger partial charge in [-0.15, -0.1) is 0 Å². The van der Waals surface area contributed by atoms with Crippen molar-refractivity contribution in [2.75, 3.05) is 31.2 Å². The van der Waals surface area contributed by atoms with Gasteiger partial charge in [0, 0.05) is 36.6 Å². The molecule has 1 fully saturated rings. The Balaban J connectivity index is 1.95. The second kappa shape index (κ2) is 3.59. The van der Waals surface area contributed by atoms with Gasteiger partial charge in [-0.1, -0.05) is 6.07 Å². The molecule has 0 unspecified atom stereocenters. The van der Waals surface area contributed by atoms with Gasteiger partial charge in [0.2, 0.25) is 0 Å². The van der Waals surface area contributed by atoms with Crippen LogP contribution < -0.4 is 4.90 Å². The molecule has 15 heavy (non-hydrogen) atoms. The summed E-state index contributed by atoms with van der Waals surface area (Å²) in [4.78, 5) is 5.50. The van der Waals surface area contributed by atoms with Crippen LogP contribution in [0.4, 0.5) is 5.69 Å². The Kier molecular flexibility index (Phi) is 2.10. The number of aromatic amines is 1. The summed E-state index contributed by atoms with van der Waals surface area (Å²) in [6.45, 7) is 3.67. The van der Waals surface area contributed by atoms with Crippen LogP contribution in [0.5, 0.6) is 0 Å². The summed E-state index contributed by atoms with van der Waals surface area (Å²) in [5, 5.41) is 2.55. The number of morpholine rings is 1. The van der Waals surface area contributed by atoms with Crippen molar-refractivity contribution in [1.29, 1.82) is 0 Å². The van der Waals surface area contributed by atoms with E-state index >= 15 is 0 Å². The lowest BCUT2D eigenvalue weighted by Gasteiger charge is -2.28. The van der Waals surface area contributed by atoms with Crippen molar-refractivity contribution in [3.05, 3.63) is 30.6 Å². The van der Waals surface area contributed by atoms with Crippen molar-refractivity contribution in [2.24, 2.45) is 0 Å². The molecule has 1 aromatic heterocycles. The van der Waals surface area contributed by atoms with E-state index in [-0.39, 0.29) is 0 Å². The van der Waals surface area contributed by atoms with Gasteiger partial charge in [-0.25, -0.2) is 0 Å². The SMILES string of the molecule is c1cc2c[nH]cc2cc1N1CCOCC1. The monoisotopic (exact) mass is 202 g/mol. The lowest BCUT2D eigenvalue weighted by molar-refractivity contribution is 0.122. The molecule has 0 amide bonds. The smallest absolute Gasteiger partial charge is 0.0642 e. The van der Waals surface area contributed by atoms with E-state index in [1.807, 2.05) is 12.4 Å². The summed E-state index contributed by atoms with van der Waals surface area (Å²) in [5.41, 5.74) is 1.30. The Labute approximate surface area is 88.6 Å². The van der Waals surface area contributed by atoms with E-state index in [1.54, 1.807) is 0 Å². The zero-order valence-corrected chi connectivity index (χ0v) is 8.57. The Hall–Kier alpha value is -1.48. The van der Waals surface area contributed by atoms with Gasteiger partial charge in [0.05, 0.1) is 13.2 Å². The summed E-state index contributed by atoms with van der Waals surface area (Å²) < 4.78 is 5.35. The number of aromatic nitrogens is 1. The standard InChI is InChI=1S/C12H14N2O/c1-2-12(14-3-5-15-6-4-14)7-11-9-13-8-10(1)11/h1-2,7-9,13H,3-6H2. The Bertz CT molecular complexity index is 457. The molecule has 2 heterocycles. The van der Waals surface area contributed by atoms with Crippen molar-refractivity contribution < 1.29 is 4.74 Å². The van der Waals surface area contributed by atoms with Gasteiger partial charge in [0.25, 0.3) is 0 Å². The maximum Gasteiger partial charge on any atom is 0.0642 e. The van der Waals surface area contributed by atoms with Crippen LogP contribution in [0.3, 0.4) is 0 Å². The van der Waals surface area contributed by atoms with Gasteiger partial charge in [-0.05, 0) is 17.5 Å². The summed E-state index contributed by atoms with van der Waals surface area (Å²) in [6.07, 6.45) is 4.07. The number of rotatable bonds is 1. The summed E-state index contributed by atoms with van der Waals surface area (Å²) >= 11 is 0. The quantitative estimate of drug-likeness (QED) is 0.766. The molecule has 1 aliphatic rings. The number of nitrogens with zero attached hydrogens (tertiary/aromatic N) is 1. The third-order valence-electron chi connectivity index (χ3n) is 2.92. The number of hydrogen-bond donors (Lipinski definition) is 1. The van der Waals surface area contributed by atoms with Crippen molar-refractivity contribution in [3.8, 4) is 0 Å². The van der Waals surface area contributed by atoms with Crippen LogP contribution in [-0.4, -0.2) is 31.3 Å². The predicted octanol–water partition coefficient (Wildman–Crippen LogP) is 2.00. The first kappa shape index (κ1) is 8.80. The fourth-order valence-electron chi connectivity index (χ4n) is 2.06. The van der Waals surface area contributed by atoms with Crippen molar-refractivity contribution in [1.82, 2.24) is 4.98 Å². The number of ether oxygens (including phenoxy) is 1. The minimum Gasteiger partial charge on any atom is -0.378 e. The van der Waals surface area contributed by atoms with Crippen molar-refractivity contribution in [3.63, 3.8) is 0 Å². The van der Waals surface area contributed by atoms with E-state index in [1.165, 1.54) is 16.5 Å². The molecule has 2 aromatic rings. The maximum absolute atomic E-state index is 5.35. The van der Waals surface area contributed by atoms with Crippen LogP contribution in [0.25, 0.3) is 10.8 Å². The highest BCUT2D eigenvalue weighted by Crippen LogP contribution is 2.22. The van der Waals surface area contributed by atoms with Crippen molar-refractivity contribution in [2.45, 2.75) is 0 Å². The fraction of sp³-hybridized carbons (Fsp3) is 0.333. The van der Waals surface area contributed by atoms with E-state index in [4.69, 9.17) is 4.74 Å². The van der Waals surface area contributed by atoms with Gasteiger partial charge >= 0.3 is 0 Å². The maximum atomic E-state index is 5.35. The predicted molar refractivity (Wildman–Crippen MR) is 61.3 cm³/mol. The van der Waals surface area contributed by atoms with Crippen LogP contribution in [-0.2, 0) is 4.74 Å². The molecule has 3 rings (SSSR count). The average molecular weight is 202 g/mol. The second-order valence-corrected chi connectivity index (χ2v) is 3.87. The summed E-state index contributed by atoms with van der Waals surface area (Å²) in [6, 6.07) is 6.58. The second-order valence-electron chi connectivity index (χ2n) is 3.87. The Morgan fingerprint density at radius 3 is 2.73 bits per heavy atom. The fourth-order valence-corrected chi connectivity index (χ4v) is 2.06. The molecule has 3 heteroatoms. The number of hydrogen-bond acceptors (Lipinski definition) is 2. The van der Waals surface area contributed by atoms with Crippen LogP contribution in [0.1, 0.15) is 0 Å². The van der Waals surface area contributed by atoms with E-state index < -0.39 is 0 Å². The number of nitrogens with one attached hydrogen (secondary N) is 1. The lowest BCUT2D eigenvalue weighted by atomic mass is 10.2. The molecule has 1 N–H and O–H groups in total. The zero-order valence-electron chi connectivity index (χ0n) is 8.57. The topological polar surface area (TPSA) is 28.3 Å². The summed E-state index contributed by atoms with van der Waals surface area (Å²) in [7, 11) is 0. The van der Waals surface area contributed by atoms with Crippen LogP contribution in [0, 0.1) is 0 Å². The first-order valence-corrected chi connectivity index (χ1v) is 5.33. The molecule has 1 aromatic carbocycles. The molecule has 1 saturated heterocycles. The molecule has 0 saturated carbocycles. The minimum atomic E-state index is 0.838. The highest BCUT2D eigenvalue weighted by atomic mass is 16.5. The van der Waals surface area contributed by atoms with Crippen LogP contribution in [0.2, 0.25) is 0 Å². The molecule has 0 spiro atoms. The molecule has 78 valence electrons. The zero-order chi connectivity index (χ0) is 10.1. The molecule has 1 aliphatic heterocycles. The van der Waals surface area contributed by atoms with Crippen LogP contribution in [0.15, 0.2) is 30.6 Å². The third kappa shape index (κ3) is 1.59. The van der Waals surface area contributed by atoms with E-state index in [2.05, 4.69) is 28.1 Å². The summed E-state index contributed by atoms with van der Waals surface area (Å²) in [5.74, 6) is 0. The van der Waals surface area contributed by atoms with E-state index in [0.717, 1.165) is 26.3 Å². The number of H-pyrrole nitrogens is 1. The van der Waals surface area contributed by atoms with E-state index in [9.17, 15) is 0 Å². The first-order valence-electron chi connectivity index (χ1n) is 5.33. The highest BCUT2D eigenvalue weighted by Gasteiger charge is 2.11. The Morgan fingerprint density at radius 1 is 1.07 bits per heavy atom. The van der Waals surface area contributed by atoms with Gasteiger partial charge in [-0.2, -0.15) is 0 Å². The molecule has 0 atom stereocenters. The lowest BCUT2D eigenvalue weighted by Crippen LogP contribution is -2.36. The molecule has 0 bridgehead atoms. The molecule has 3 nitrogen and oxygen atoms in total. The largest absolute Gasteiger partial charge is 0.378 e. The van der Waals surface area contributed by atoms with Gasteiger partial charge in [0.15, 0.2) is 0 Å². The van der Waals surface area contributed by atoms with Gasteiger partial charge in [-0.3, -0.25) is 0 Å². The normalized spacial score (nSPS) is 17.2. The van der Waals surface area contributed by atoms with Gasteiger partial charge < -0.3 is 14.6 Å². The molecule has 0 radical (unpaired) electrons. The first-order chi connectivity index (χ1) is 7.43. The van der Waals surface area contributed by atoms with E-state index in [0.29, 0.717) is 0 Å². The average Bonchev–Trinajstić information content (AvgIpc) is 2.77.